The first kappa shape index (κ1) is 15.6. The van der Waals surface area contributed by atoms with Crippen molar-refractivity contribution in [2.75, 3.05) is 13.1 Å². The number of nitrogens with zero attached hydrogens (tertiary/aromatic N) is 3. The molecule has 1 aliphatic heterocycles. The predicted octanol–water partition coefficient (Wildman–Crippen LogP) is 3.22. The van der Waals surface area contributed by atoms with Crippen LogP contribution in [0.3, 0.4) is 0 Å². The molecule has 0 radical (unpaired) electrons. The fourth-order valence-electron chi connectivity index (χ4n) is 2.30. The molecule has 0 saturated carbocycles. The van der Waals surface area contributed by atoms with E-state index in [1.165, 1.54) is 6.20 Å². The van der Waals surface area contributed by atoms with Gasteiger partial charge in [0, 0.05) is 29.5 Å². The maximum absolute atomic E-state index is 12.6. The van der Waals surface area contributed by atoms with Crippen LogP contribution in [0.1, 0.15) is 49.9 Å². The summed E-state index contributed by atoms with van der Waals surface area (Å²) in [5.74, 6) is 0.747. The highest BCUT2D eigenvalue weighted by molar-refractivity contribution is 8.00. The molecule has 0 aliphatic carbocycles. The number of hydrogen-bond acceptors (Lipinski definition) is 4. The Labute approximate surface area is 129 Å². The summed E-state index contributed by atoms with van der Waals surface area (Å²) in [5, 5.41) is 1.21. The fraction of sp³-hybridized carbons (Fsp3) is 0.643. The lowest BCUT2D eigenvalue weighted by Gasteiger charge is -2.34. The molecule has 0 aromatic carbocycles. The van der Waals surface area contributed by atoms with Gasteiger partial charge in [0.25, 0.3) is 5.91 Å². The number of halogens is 1. The van der Waals surface area contributed by atoms with Crippen molar-refractivity contribution in [3.05, 3.63) is 22.7 Å². The summed E-state index contributed by atoms with van der Waals surface area (Å²) in [6.07, 6.45) is 1.53. The smallest absolute Gasteiger partial charge is 0.274 e. The van der Waals surface area contributed by atoms with Gasteiger partial charge in [0.1, 0.15) is 5.82 Å². The highest BCUT2D eigenvalue weighted by Crippen LogP contribution is 2.27. The summed E-state index contributed by atoms with van der Waals surface area (Å²) in [4.78, 5) is 23.0. The van der Waals surface area contributed by atoms with Gasteiger partial charge in [-0.2, -0.15) is 11.8 Å². The van der Waals surface area contributed by atoms with E-state index in [1.54, 1.807) is 0 Å². The fourth-order valence-corrected chi connectivity index (χ4v) is 3.80. The molecule has 2 atom stereocenters. The molecule has 2 heterocycles. The summed E-state index contributed by atoms with van der Waals surface area (Å²) in [6, 6.07) is 0. The van der Waals surface area contributed by atoms with Gasteiger partial charge in [0.05, 0.1) is 11.2 Å². The quantitative estimate of drug-likeness (QED) is 0.841. The topological polar surface area (TPSA) is 46.1 Å². The Kier molecular flexibility index (Phi) is 4.91. The number of rotatable bonds is 2. The van der Waals surface area contributed by atoms with E-state index in [-0.39, 0.29) is 11.8 Å². The monoisotopic (exact) mass is 313 g/mol. The van der Waals surface area contributed by atoms with Gasteiger partial charge in [0.2, 0.25) is 0 Å². The molecule has 1 saturated heterocycles. The van der Waals surface area contributed by atoms with Crippen LogP contribution in [0.4, 0.5) is 0 Å². The number of carbonyl (C=O) groups excluding carboxylic acids is 1. The van der Waals surface area contributed by atoms with E-state index < -0.39 is 0 Å². The van der Waals surface area contributed by atoms with Crippen LogP contribution < -0.4 is 0 Å². The first-order valence-corrected chi connectivity index (χ1v) is 8.17. The van der Waals surface area contributed by atoms with Crippen molar-refractivity contribution >= 4 is 29.3 Å². The van der Waals surface area contributed by atoms with Crippen molar-refractivity contribution in [2.45, 2.75) is 44.1 Å². The molecule has 0 spiro atoms. The van der Waals surface area contributed by atoms with E-state index >= 15 is 0 Å². The largest absolute Gasteiger partial charge is 0.335 e. The maximum Gasteiger partial charge on any atom is 0.274 e. The number of thioether (sulfide) groups is 1. The minimum absolute atomic E-state index is 0.0849. The van der Waals surface area contributed by atoms with Crippen molar-refractivity contribution in [1.82, 2.24) is 14.9 Å². The van der Waals surface area contributed by atoms with Crippen LogP contribution in [0.25, 0.3) is 0 Å². The Bertz CT molecular complexity index is 499. The van der Waals surface area contributed by atoms with Crippen LogP contribution >= 0.6 is 23.4 Å². The summed E-state index contributed by atoms with van der Waals surface area (Å²) >= 11 is 8.02. The molecule has 20 heavy (non-hydrogen) atoms. The molecular weight excluding hydrogens is 294 g/mol. The Morgan fingerprint density at radius 2 is 2.00 bits per heavy atom. The summed E-state index contributed by atoms with van der Waals surface area (Å²) in [6.45, 7) is 9.76. The van der Waals surface area contributed by atoms with Gasteiger partial charge in [-0.1, -0.05) is 39.3 Å². The van der Waals surface area contributed by atoms with Gasteiger partial charge < -0.3 is 4.90 Å². The van der Waals surface area contributed by atoms with E-state index in [4.69, 9.17) is 11.6 Å². The lowest BCUT2D eigenvalue weighted by Crippen LogP contribution is -2.44. The SMILES string of the molecule is CC1CN(C(=O)c2nc(C(C)C)ncc2Cl)CC(C)S1. The van der Waals surface area contributed by atoms with E-state index in [1.807, 2.05) is 30.5 Å². The third-order valence-electron chi connectivity index (χ3n) is 3.19. The lowest BCUT2D eigenvalue weighted by molar-refractivity contribution is 0.0747. The van der Waals surface area contributed by atoms with Gasteiger partial charge in [0.15, 0.2) is 5.69 Å². The van der Waals surface area contributed by atoms with Gasteiger partial charge in [-0.25, -0.2) is 9.97 Å². The second-order valence-corrected chi connectivity index (χ2v) is 7.84. The molecule has 110 valence electrons. The highest BCUT2D eigenvalue weighted by atomic mass is 35.5. The molecule has 1 amide bonds. The van der Waals surface area contributed by atoms with Crippen molar-refractivity contribution < 1.29 is 4.79 Å². The Morgan fingerprint density at radius 3 is 2.55 bits per heavy atom. The number of hydrogen-bond donors (Lipinski definition) is 0. The molecule has 2 rings (SSSR count). The zero-order valence-electron chi connectivity index (χ0n) is 12.3. The first-order valence-electron chi connectivity index (χ1n) is 6.85. The van der Waals surface area contributed by atoms with Crippen LogP contribution in [0.5, 0.6) is 0 Å². The third kappa shape index (κ3) is 3.44. The standard InChI is InChI=1S/C14H20ClN3OS/c1-8(2)13-16-5-11(15)12(17-13)14(19)18-6-9(3)20-10(4)7-18/h5,8-10H,6-7H2,1-4H3. The summed E-state index contributed by atoms with van der Waals surface area (Å²) < 4.78 is 0. The zero-order chi connectivity index (χ0) is 14.9. The van der Waals surface area contributed by atoms with Gasteiger partial charge in [-0.05, 0) is 0 Å². The second kappa shape index (κ2) is 6.31. The maximum atomic E-state index is 12.6. The average molecular weight is 314 g/mol. The second-order valence-electron chi connectivity index (χ2n) is 5.55. The molecule has 0 bridgehead atoms. The van der Waals surface area contributed by atoms with Crippen LogP contribution in [0.2, 0.25) is 5.02 Å². The molecule has 6 heteroatoms. The summed E-state index contributed by atoms with van der Waals surface area (Å²) in [7, 11) is 0. The minimum Gasteiger partial charge on any atom is -0.335 e. The molecule has 4 nitrogen and oxygen atoms in total. The first-order chi connectivity index (χ1) is 9.38. The molecule has 0 N–H and O–H groups in total. The Morgan fingerprint density at radius 1 is 1.40 bits per heavy atom. The summed E-state index contributed by atoms with van der Waals surface area (Å²) in [5.41, 5.74) is 0.330. The van der Waals surface area contributed by atoms with Crippen molar-refractivity contribution in [1.29, 1.82) is 0 Å². The van der Waals surface area contributed by atoms with E-state index in [2.05, 4.69) is 23.8 Å². The number of carbonyl (C=O) groups is 1. The van der Waals surface area contributed by atoms with Crippen LogP contribution in [0, 0.1) is 0 Å². The van der Waals surface area contributed by atoms with Crippen LogP contribution in [-0.2, 0) is 0 Å². The minimum atomic E-state index is -0.0849. The number of aromatic nitrogens is 2. The molecule has 2 unspecified atom stereocenters. The Balaban J connectivity index is 2.26. The van der Waals surface area contributed by atoms with Gasteiger partial charge in [-0.3, -0.25) is 4.79 Å². The number of amides is 1. The molecule has 1 aromatic heterocycles. The highest BCUT2D eigenvalue weighted by Gasteiger charge is 2.28. The zero-order valence-corrected chi connectivity index (χ0v) is 13.8. The lowest BCUT2D eigenvalue weighted by atomic mass is 10.2. The predicted molar refractivity (Wildman–Crippen MR) is 83.5 cm³/mol. The van der Waals surface area contributed by atoms with Crippen molar-refractivity contribution in [2.24, 2.45) is 0 Å². The van der Waals surface area contributed by atoms with E-state index in [0.29, 0.717) is 27.0 Å². The van der Waals surface area contributed by atoms with Crippen LogP contribution in [-0.4, -0.2) is 44.4 Å². The van der Waals surface area contributed by atoms with Crippen LogP contribution in [0.15, 0.2) is 6.20 Å². The average Bonchev–Trinajstić information content (AvgIpc) is 2.37. The normalized spacial score (nSPS) is 23.2. The van der Waals surface area contributed by atoms with Crippen molar-refractivity contribution in [3.63, 3.8) is 0 Å². The van der Waals surface area contributed by atoms with E-state index in [9.17, 15) is 4.79 Å². The third-order valence-corrected chi connectivity index (χ3v) is 4.69. The van der Waals surface area contributed by atoms with Gasteiger partial charge >= 0.3 is 0 Å². The molecular formula is C14H20ClN3OS. The molecule has 1 aliphatic rings. The Hall–Kier alpha value is -0.810. The van der Waals surface area contributed by atoms with Gasteiger partial charge in [-0.15, -0.1) is 0 Å². The van der Waals surface area contributed by atoms with Crippen molar-refractivity contribution in [3.8, 4) is 0 Å². The molecule has 1 fully saturated rings. The molecule has 1 aromatic rings. The van der Waals surface area contributed by atoms with E-state index in [0.717, 1.165) is 13.1 Å².